The lowest BCUT2D eigenvalue weighted by molar-refractivity contribution is 0.0952. The molecule has 0 atom stereocenters. The van der Waals surface area contributed by atoms with Crippen LogP contribution >= 0.6 is 0 Å². The van der Waals surface area contributed by atoms with Gasteiger partial charge in [0.2, 0.25) is 5.95 Å². The Morgan fingerprint density at radius 1 is 1.26 bits per heavy atom. The molecule has 0 spiro atoms. The van der Waals surface area contributed by atoms with Crippen LogP contribution in [0.4, 0.5) is 5.95 Å². The van der Waals surface area contributed by atoms with Crippen LogP contribution in [0.3, 0.4) is 0 Å². The Labute approximate surface area is 114 Å². The van der Waals surface area contributed by atoms with Gasteiger partial charge in [0, 0.05) is 32.0 Å². The quantitative estimate of drug-likeness (QED) is 0.686. The number of nitrogens with zero attached hydrogens (tertiary/aromatic N) is 3. The molecule has 1 amide bonds. The van der Waals surface area contributed by atoms with E-state index in [-0.39, 0.29) is 5.91 Å². The van der Waals surface area contributed by atoms with Crippen molar-refractivity contribution < 1.29 is 4.79 Å². The zero-order valence-electron chi connectivity index (χ0n) is 11.9. The summed E-state index contributed by atoms with van der Waals surface area (Å²) < 4.78 is 0. The molecule has 1 aromatic rings. The predicted molar refractivity (Wildman–Crippen MR) is 76.3 cm³/mol. The van der Waals surface area contributed by atoms with Crippen LogP contribution in [0.1, 0.15) is 30.1 Å². The zero-order chi connectivity index (χ0) is 14.1. The van der Waals surface area contributed by atoms with Crippen LogP contribution in [-0.4, -0.2) is 54.5 Å². The Balaban J connectivity index is 2.40. The molecule has 1 aromatic heterocycles. The van der Waals surface area contributed by atoms with Crippen LogP contribution in [0.25, 0.3) is 0 Å². The first-order chi connectivity index (χ1) is 9.13. The van der Waals surface area contributed by atoms with E-state index >= 15 is 0 Å². The van der Waals surface area contributed by atoms with Gasteiger partial charge in [-0.2, -0.15) is 0 Å². The van der Waals surface area contributed by atoms with E-state index in [2.05, 4.69) is 32.4 Å². The molecule has 106 valence electrons. The highest BCUT2D eigenvalue weighted by Gasteiger charge is 2.06. The molecule has 6 heteroatoms. The fourth-order valence-electron chi connectivity index (χ4n) is 1.41. The van der Waals surface area contributed by atoms with Gasteiger partial charge in [0.05, 0.1) is 5.56 Å². The van der Waals surface area contributed by atoms with Gasteiger partial charge in [0.1, 0.15) is 0 Å². The van der Waals surface area contributed by atoms with Crippen molar-refractivity contribution in [2.24, 2.45) is 0 Å². The SMILES string of the molecule is CCCCNC(=O)c1cnc(NCCN(C)C)nc1. The Bertz CT molecular complexity index is 377. The maximum atomic E-state index is 11.7. The predicted octanol–water partition coefficient (Wildman–Crippen LogP) is 0.980. The van der Waals surface area contributed by atoms with E-state index in [0.717, 1.165) is 25.9 Å². The number of amides is 1. The van der Waals surface area contributed by atoms with E-state index in [0.29, 0.717) is 18.1 Å². The number of rotatable bonds is 8. The summed E-state index contributed by atoms with van der Waals surface area (Å²) in [6, 6.07) is 0. The molecule has 0 saturated carbocycles. The summed E-state index contributed by atoms with van der Waals surface area (Å²) in [5.74, 6) is 0.431. The Hall–Kier alpha value is -1.69. The van der Waals surface area contributed by atoms with E-state index in [4.69, 9.17) is 0 Å². The monoisotopic (exact) mass is 265 g/mol. The van der Waals surface area contributed by atoms with Crippen molar-refractivity contribution in [3.8, 4) is 0 Å². The summed E-state index contributed by atoms with van der Waals surface area (Å²) in [7, 11) is 4.01. The molecule has 2 N–H and O–H groups in total. The number of hydrogen-bond acceptors (Lipinski definition) is 5. The molecule has 1 heterocycles. The van der Waals surface area contributed by atoms with Gasteiger partial charge in [-0.1, -0.05) is 13.3 Å². The largest absolute Gasteiger partial charge is 0.353 e. The number of carbonyl (C=O) groups is 1. The lowest BCUT2D eigenvalue weighted by atomic mass is 10.3. The van der Waals surface area contributed by atoms with Crippen LogP contribution in [0, 0.1) is 0 Å². The van der Waals surface area contributed by atoms with E-state index in [9.17, 15) is 4.79 Å². The lowest BCUT2D eigenvalue weighted by Crippen LogP contribution is -2.25. The van der Waals surface area contributed by atoms with Crippen molar-refractivity contribution in [3.05, 3.63) is 18.0 Å². The number of hydrogen-bond donors (Lipinski definition) is 2. The molecule has 0 fully saturated rings. The lowest BCUT2D eigenvalue weighted by Gasteiger charge is -2.10. The topological polar surface area (TPSA) is 70.2 Å². The van der Waals surface area contributed by atoms with Crippen molar-refractivity contribution in [2.45, 2.75) is 19.8 Å². The average Bonchev–Trinajstić information content (AvgIpc) is 2.39. The minimum absolute atomic E-state index is 0.117. The summed E-state index contributed by atoms with van der Waals surface area (Å²) in [6.45, 7) is 4.46. The molecule has 19 heavy (non-hydrogen) atoms. The fraction of sp³-hybridized carbons (Fsp3) is 0.615. The Morgan fingerprint density at radius 3 is 2.53 bits per heavy atom. The van der Waals surface area contributed by atoms with Crippen molar-refractivity contribution in [3.63, 3.8) is 0 Å². The van der Waals surface area contributed by atoms with Crippen molar-refractivity contribution >= 4 is 11.9 Å². The van der Waals surface area contributed by atoms with Crippen LogP contribution < -0.4 is 10.6 Å². The molecular weight excluding hydrogens is 242 g/mol. The van der Waals surface area contributed by atoms with Gasteiger partial charge in [-0.15, -0.1) is 0 Å². The summed E-state index contributed by atoms with van der Waals surface area (Å²) in [4.78, 5) is 22.0. The number of aromatic nitrogens is 2. The van der Waals surface area contributed by atoms with E-state index in [1.807, 2.05) is 14.1 Å². The number of carbonyl (C=O) groups excluding carboxylic acids is 1. The maximum absolute atomic E-state index is 11.7. The van der Waals surface area contributed by atoms with Gasteiger partial charge in [-0.25, -0.2) is 9.97 Å². The van der Waals surface area contributed by atoms with Gasteiger partial charge in [-0.05, 0) is 20.5 Å². The van der Waals surface area contributed by atoms with Crippen molar-refractivity contribution in [1.29, 1.82) is 0 Å². The summed E-state index contributed by atoms with van der Waals surface area (Å²) in [6.07, 6.45) is 5.14. The molecule has 0 saturated heterocycles. The second-order valence-electron chi connectivity index (χ2n) is 4.63. The van der Waals surface area contributed by atoms with Gasteiger partial charge in [-0.3, -0.25) is 4.79 Å². The molecule has 1 rings (SSSR count). The summed E-state index contributed by atoms with van der Waals surface area (Å²) >= 11 is 0. The third-order valence-corrected chi connectivity index (χ3v) is 2.57. The zero-order valence-corrected chi connectivity index (χ0v) is 11.9. The smallest absolute Gasteiger partial charge is 0.254 e. The first-order valence-corrected chi connectivity index (χ1v) is 6.62. The standard InChI is InChI=1S/C13H23N5O/c1-4-5-6-14-12(19)11-9-16-13(17-10-11)15-7-8-18(2)3/h9-10H,4-8H2,1-3H3,(H,14,19)(H,15,16,17). The number of anilines is 1. The van der Waals surface area contributed by atoms with Crippen LogP contribution in [-0.2, 0) is 0 Å². The minimum Gasteiger partial charge on any atom is -0.353 e. The second-order valence-corrected chi connectivity index (χ2v) is 4.63. The third kappa shape index (κ3) is 6.15. The first-order valence-electron chi connectivity index (χ1n) is 6.62. The summed E-state index contributed by atoms with van der Waals surface area (Å²) in [5.41, 5.74) is 0.495. The Kier molecular flexibility index (Phi) is 6.81. The highest BCUT2D eigenvalue weighted by molar-refractivity contribution is 5.93. The van der Waals surface area contributed by atoms with E-state index in [1.165, 1.54) is 0 Å². The van der Waals surface area contributed by atoms with Crippen LogP contribution in [0.5, 0.6) is 0 Å². The normalized spacial score (nSPS) is 10.5. The molecule has 6 nitrogen and oxygen atoms in total. The number of unbranched alkanes of at least 4 members (excludes halogenated alkanes) is 1. The third-order valence-electron chi connectivity index (χ3n) is 2.57. The van der Waals surface area contributed by atoms with Crippen molar-refractivity contribution in [1.82, 2.24) is 20.2 Å². The second kappa shape index (κ2) is 8.42. The van der Waals surface area contributed by atoms with Gasteiger partial charge in [0.15, 0.2) is 0 Å². The van der Waals surface area contributed by atoms with Crippen molar-refractivity contribution in [2.75, 3.05) is 39.0 Å². The van der Waals surface area contributed by atoms with Gasteiger partial charge >= 0.3 is 0 Å². The average molecular weight is 265 g/mol. The molecule has 0 aromatic carbocycles. The molecule has 0 aliphatic heterocycles. The first kappa shape index (κ1) is 15.4. The highest BCUT2D eigenvalue weighted by Crippen LogP contribution is 2.00. The fourth-order valence-corrected chi connectivity index (χ4v) is 1.41. The minimum atomic E-state index is -0.117. The molecule has 0 aliphatic carbocycles. The van der Waals surface area contributed by atoms with Crippen LogP contribution in [0.2, 0.25) is 0 Å². The molecular formula is C13H23N5O. The molecule has 0 aliphatic rings. The maximum Gasteiger partial charge on any atom is 0.254 e. The molecule has 0 bridgehead atoms. The van der Waals surface area contributed by atoms with E-state index in [1.54, 1.807) is 12.4 Å². The van der Waals surface area contributed by atoms with Gasteiger partial charge < -0.3 is 15.5 Å². The van der Waals surface area contributed by atoms with Crippen LogP contribution in [0.15, 0.2) is 12.4 Å². The molecule has 0 radical (unpaired) electrons. The Morgan fingerprint density at radius 2 is 1.95 bits per heavy atom. The number of likely N-dealkylation sites (N-methyl/N-ethyl adjacent to an activating group) is 1. The van der Waals surface area contributed by atoms with Gasteiger partial charge in [0.25, 0.3) is 5.91 Å². The number of nitrogens with one attached hydrogen (secondary N) is 2. The van der Waals surface area contributed by atoms with E-state index < -0.39 is 0 Å². The summed E-state index contributed by atoms with van der Waals surface area (Å²) in [5, 5.41) is 5.93. The highest BCUT2D eigenvalue weighted by atomic mass is 16.1. The molecule has 0 unspecified atom stereocenters.